The highest BCUT2D eigenvalue weighted by molar-refractivity contribution is 9.10. The molecule has 1 saturated carbocycles. The molecule has 1 amide bonds. The molecular weight excluding hydrogens is 280 g/mol. The molecule has 1 aromatic rings. The number of halogens is 1. The Labute approximate surface area is 110 Å². The van der Waals surface area contributed by atoms with Gasteiger partial charge in [0.25, 0.3) is 5.91 Å². The first-order valence-electron chi connectivity index (χ1n) is 5.99. The van der Waals surface area contributed by atoms with Crippen molar-refractivity contribution >= 4 is 21.8 Å². The molecule has 3 unspecified atom stereocenters. The van der Waals surface area contributed by atoms with E-state index in [1.807, 2.05) is 0 Å². The molecule has 1 aliphatic rings. The van der Waals surface area contributed by atoms with E-state index >= 15 is 0 Å². The molecule has 0 aromatic carbocycles. The molecule has 1 fully saturated rings. The smallest absolute Gasteiger partial charge is 0.253 e. The first-order valence-corrected chi connectivity index (χ1v) is 6.78. The Morgan fingerprint density at radius 2 is 2.18 bits per heavy atom. The van der Waals surface area contributed by atoms with Crippen LogP contribution in [0.25, 0.3) is 0 Å². The number of carbonyl (C=O) groups is 1. The Bertz CT molecular complexity index is 422. The molecule has 3 atom stereocenters. The summed E-state index contributed by atoms with van der Waals surface area (Å²) in [5.41, 5.74) is 0.617. The van der Waals surface area contributed by atoms with Crippen molar-refractivity contribution < 1.29 is 4.79 Å². The number of hydrogen-bond donors (Lipinski definition) is 1. The van der Waals surface area contributed by atoms with Gasteiger partial charge in [-0.2, -0.15) is 0 Å². The Morgan fingerprint density at radius 1 is 1.41 bits per heavy atom. The van der Waals surface area contributed by atoms with Crippen LogP contribution in [-0.2, 0) is 0 Å². The number of pyridine rings is 1. The SMILES string of the molecule is CC1CCC(NC(=O)c2cncc(Br)c2)C1C. The highest BCUT2D eigenvalue weighted by Gasteiger charge is 2.30. The highest BCUT2D eigenvalue weighted by Crippen LogP contribution is 2.31. The largest absolute Gasteiger partial charge is 0.349 e. The topological polar surface area (TPSA) is 42.0 Å². The van der Waals surface area contributed by atoms with Crippen molar-refractivity contribution in [1.82, 2.24) is 10.3 Å². The van der Waals surface area contributed by atoms with E-state index in [-0.39, 0.29) is 5.91 Å². The standard InChI is InChI=1S/C13H17BrN2O/c1-8-3-4-12(9(8)2)16-13(17)10-5-11(14)7-15-6-10/h5-9,12H,3-4H2,1-2H3,(H,16,17). The number of nitrogens with one attached hydrogen (secondary N) is 1. The number of amides is 1. The van der Waals surface area contributed by atoms with Crippen LogP contribution in [0.4, 0.5) is 0 Å². The van der Waals surface area contributed by atoms with Gasteiger partial charge in [0.1, 0.15) is 0 Å². The zero-order chi connectivity index (χ0) is 12.4. The summed E-state index contributed by atoms with van der Waals surface area (Å²) in [6, 6.07) is 2.10. The third kappa shape index (κ3) is 2.86. The summed E-state index contributed by atoms with van der Waals surface area (Å²) in [5.74, 6) is 1.23. The van der Waals surface area contributed by atoms with Crippen LogP contribution in [0.3, 0.4) is 0 Å². The fourth-order valence-corrected chi connectivity index (χ4v) is 2.72. The second kappa shape index (κ2) is 5.17. The van der Waals surface area contributed by atoms with Crippen molar-refractivity contribution in [1.29, 1.82) is 0 Å². The summed E-state index contributed by atoms with van der Waals surface area (Å²) < 4.78 is 0.831. The maximum atomic E-state index is 12.0. The van der Waals surface area contributed by atoms with Gasteiger partial charge in [0.05, 0.1) is 5.56 Å². The Morgan fingerprint density at radius 3 is 2.76 bits per heavy atom. The zero-order valence-corrected chi connectivity index (χ0v) is 11.7. The normalized spacial score (nSPS) is 28.1. The van der Waals surface area contributed by atoms with Gasteiger partial charge in [-0.1, -0.05) is 13.8 Å². The number of carbonyl (C=O) groups excluding carboxylic acids is 1. The second-order valence-corrected chi connectivity index (χ2v) is 5.80. The van der Waals surface area contributed by atoms with Crippen LogP contribution >= 0.6 is 15.9 Å². The van der Waals surface area contributed by atoms with E-state index in [9.17, 15) is 4.79 Å². The van der Waals surface area contributed by atoms with Crippen LogP contribution in [0.2, 0.25) is 0 Å². The van der Waals surface area contributed by atoms with E-state index in [0.29, 0.717) is 23.4 Å². The third-order valence-corrected chi connectivity index (χ3v) is 4.18. The van der Waals surface area contributed by atoms with Crippen molar-refractivity contribution in [3.8, 4) is 0 Å². The maximum Gasteiger partial charge on any atom is 0.253 e. The first-order chi connectivity index (χ1) is 8.08. The van der Waals surface area contributed by atoms with Gasteiger partial charge in [-0.3, -0.25) is 9.78 Å². The molecule has 4 heteroatoms. The lowest BCUT2D eigenvalue weighted by Gasteiger charge is -2.19. The van der Waals surface area contributed by atoms with Gasteiger partial charge in [-0.05, 0) is 46.7 Å². The molecule has 2 rings (SSSR count). The van der Waals surface area contributed by atoms with Crippen LogP contribution in [0.5, 0.6) is 0 Å². The van der Waals surface area contributed by atoms with E-state index in [2.05, 4.69) is 40.1 Å². The summed E-state index contributed by atoms with van der Waals surface area (Å²) >= 11 is 3.32. The highest BCUT2D eigenvalue weighted by atomic mass is 79.9. The average Bonchev–Trinajstić information content (AvgIpc) is 2.61. The fraction of sp³-hybridized carbons (Fsp3) is 0.538. The average molecular weight is 297 g/mol. The fourth-order valence-electron chi connectivity index (χ4n) is 2.36. The molecular formula is C13H17BrN2O. The number of aromatic nitrogens is 1. The molecule has 1 aliphatic carbocycles. The predicted molar refractivity (Wildman–Crippen MR) is 70.8 cm³/mol. The minimum Gasteiger partial charge on any atom is -0.349 e. The minimum absolute atomic E-state index is 0.0234. The van der Waals surface area contributed by atoms with Gasteiger partial charge in [0, 0.05) is 22.9 Å². The molecule has 17 heavy (non-hydrogen) atoms. The van der Waals surface area contributed by atoms with Crippen LogP contribution in [0.15, 0.2) is 22.9 Å². The molecule has 1 N–H and O–H groups in total. The Hall–Kier alpha value is -0.900. The van der Waals surface area contributed by atoms with E-state index in [4.69, 9.17) is 0 Å². The summed E-state index contributed by atoms with van der Waals surface area (Å²) in [6.45, 7) is 4.46. The lowest BCUT2D eigenvalue weighted by molar-refractivity contribution is 0.0927. The van der Waals surface area contributed by atoms with Crippen LogP contribution in [0, 0.1) is 11.8 Å². The summed E-state index contributed by atoms with van der Waals surface area (Å²) in [7, 11) is 0. The van der Waals surface area contributed by atoms with Crippen LogP contribution < -0.4 is 5.32 Å². The maximum absolute atomic E-state index is 12.0. The summed E-state index contributed by atoms with van der Waals surface area (Å²) in [4.78, 5) is 16.0. The van der Waals surface area contributed by atoms with Gasteiger partial charge in [0.2, 0.25) is 0 Å². The quantitative estimate of drug-likeness (QED) is 0.911. The minimum atomic E-state index is -0.0234. The molecule has 3 nitrogen and oxygen atoms in total. The van der Waals surface area contributed by atoms with E-state index in [0.717, 1.165) is 10.9 Å². The van der Waals surface area contributed by atoms with Gasteiger partial charge >= 0.3 is 0 Å². The number of rotatable bonds is 2. The molecule has 1 heterocycles. The molecule has 0 radical (unpaired) electrons. The lowest BCUT2D eigenvalue weighted by Crippen LogP contribution is -2.37. The van der Waals surface area contributed by atoms with Crippen molar-refractivity contribution in [2.45, 2.75) is 32.7 Å². The number of hydrogen-bond acceptors (Lipinski definition) is 2. The Balaban J connectivity index is 2.02. The Kier molecular flexibility index (Phi) is 3.82. The van der Waals surface area contributed by atoms with Gasteiger partial charge in [-0.25, -0.2) is 0 Å². The van der Waals surface area contributed by atoms with E-state index in [1.54, 1.807) is 18.5 Å². The second-order valence-electron chi connectivity index (χ2n) is 4.89. The van der Waals surface area contributed by atoms with Crippen LogP contribution in [0.1, 0.15) is 37.0 Å². The lowest BCUT2D eigenvalue weighted by atomic mass is 9.97. The number of nitrogens with zero attached hydrogens (tertiary/aromatic N) is 1. The van der Waals surface area contributed by atoms with E-state index in [1.165, 1.54) is 6.42 Å². The van der Waals surface area contributed by atoms with Gasteiger partial charge < -0.3 is 5.32 Å². The zero-order valence-electron chi connectivity index (χ0n) is 10.1. The monoisotopic (exact) mass is 296 g/mol. The molecule has 92 valence electrons. The predicted octanol–water partition coefficient (Wildman–Crippen LogP) is 3.01. The van der Waals surface area contributed by atoms with Gasteiger partial charge in [0.15, 0.2) is 0 Å². The molecule has 0 saturated heterocycles. The first kappa shape index (κ1) is 12.6. The molecule has 0 spiro atoms. The van der Waals surface area contributed by atoms with Crippen molar-refractivity contribution in [2.24, 2.45) is 11.8 Å². The van der Waals surface area contributed by atoms with Gasteiger partial charge in [-0.15, -0.1) is 0 Å². The summed E-state index contributed by atoms with van der Waals surface area (Å²) in [6.07, 6.45) is 5.55. The summed E-state index contributed by atoms with van der Waals surface area (Å²) in [5, 5.41) is 3.10. The van der Waals surface area contributed by atoms with Crippen LogP contribution in [-0.4, -0.2) is 16.9 Å². The molecule has 1 aromatic heterocycles. The molecule has 0 bridgehead atoms. The van der Waals surface area contributed by atoms with E-state index < -0.39 is 0 Å². The van der Waals surface area contributed by atoms with Crippen molar-refractivity contribution in [3.05, 3.63) is 28.5 Å². The van der Waals surface area contributed by atoms with Crippen molar-refractivity contribution in [2.75, 3.05) is 0 Å². The van der Waals surface area contributed by atoms with Crippen molar-refractivity contribution in [3.63, 3.8) is 0 Å². The third-order valence-electron chi connectivity index (χ3n) is 3.75. The molecule has 0 aliphatic heterocycles.